The van der Waals surface area contributed by atoms with Crippen LogP contribution in [0.1, 0.15) is 27.7 Å². The highest BCUT2D eigenvalue weighted by atomic mass is 32.1. The number of carbonyl (C=O) groups excluding carboxylic acids is 1. The predicted octanol–water partition coefficient (Wildman–Crippen LogP) is 2.19. The van der Waals surface area contributed by atoms with Crippen molar-refractivity contribution in [3.05, 3.63) is 41.1 Å². The third-order valence-corrected chi connectivity index (χ3v) is 3.08. The lowest BCUT2D eigenvalue weighted by atomic mass is 10.2. The molecule has 0 unspecified atom stereocenters. The van der Waals surface area contributed by atoms with Gasteiger partial charge in [0.25, 0.3) is 5.91 Å². The largest absolute Gasteiger partial charge is 0.495 e. The van der Waals surface area contributed by atoms with Crippen LogP contribution in [0, 0.1) is 13.8 Å². The molecule has 0 bridgehead atoms. The van der Waals surface area contributed by atoms with E-state index >= 15 is 0 Å². The molecule has 1 aromatic heterocycles. The first kappa shape index (κ1) is 15.0. The van der Waals surface area contributed by atoms with Crippen LogP contribution in [-0.4, -0.2) is 23.0 Å². The minimum Gasteiger partial charge on any atom is -0.495 e. The van der Waals surface area contributed by atoms with Crippen LogP contribution in [0.25, 0.3) is 0 Å². The minimum atomic E-state index is -0.394. The Kier molecular flexibility index (Phi) is 4.23. The van der Waals surface area contributed by atoms with Gasteiger partial charge in [-0.25, -0.2) is 4.98 Å². The van der Waals surface area contributed by atoms with Crippen molar-refractivity contribution in [2.45, 2.75) is 13.8 Å². The Balaban J connectivity index is 2.29. The van der Waals surface area contributed by atoms with E-state index in [2.05, 4.69) is 10.3 Å². The van der Waals surface area contributed by atoms with Gasteiger partial charge in [0.1, 0.15) is 10.7 Å². The number of methoxy groups -OCH3 is 1. The van der Waals surface area contributed by atoms with E-state index in [-0.39, 0.29) is 10.7 Å². The zero-order chi connectivity index (χ0) is 15.6. The molecule has 3 N–H and O–H groups in total. The number of ether oxygens (including phenoxy) is 1. The van der Waals surface area contributed by atoms with E-state index in [1.54, 1.807) is 32.0 Å². The molecule has 1 aromatic carbocycles. The fourth-order valence-electron chi connectivity index (χ4n) is 1.87. The minimum absolute atomic E-state index is 0.174. The van der Waals surface area contributed by atoms with Crippen molar-refractivity contribution in [3.8, 4) is 5.75 Å². The second-order valence-electron chi connectivity index (χ2n) is 4.38. The number of nitrogens with one attached hydrogen (secondary N) is 1. The standard InChI is InChI=1S/C14H15N3O3S/c1-7-12(20-8(2)16-7)14(18)17-10-5-4-9(13(15)21)6-11(10)19-3/h4-6H,1-3H3,(H2,15,21)(H,17,18). The number of carbonyl (C=O) groups is 1. The smallest absolute Gasteiger partial charge is 0.293 e. The van der Waals surface area contributed by atoms with Gasteiger partial charge < -0.3 is 20.2 Å². The van der Waals surface area contributed by atoms with Gasteiger partial charge in [-0.3, -0.25) is 4.79 Å². The monoisotopic (exact) mass is 305 g/mol. The van der Waals surface area contributed by atoms with Crippen LogP contribution < -0.4 is 15.8 Å². The summed E-state index contributed by atoms with van der Waals surface area (Å²) in [5.41, 5.74) is 7.25. The number of hydrogen-bond acceptors (Lipinski definition) is 5. The summed E-state index contributed by atoms with van der Waals surface area (Å²) in [6, 6.07) is 5.04. The SMILES string of the molecule is COc1cc(C(N)=S)ccc1NC(=O)c1oc(C)nc1C. The van der Waals surface area contributed by atoms with Crippen LogP contribution in [-0.2, 0) is 0 Å². The zero-order valence-corrected chi connectivity index (χ0v) is 12.7. The third kappa shape index (κ3) is 3.19. The van der Waals surface area contributed by atoms with Crippen LogP contribution in [0.5, 0.6) is 5.75 Å². The number of nitrogens with zero attached hydrogens (tertiary/aromatic N) is 1. The van der Waals surface area contributed by atoms with Crippen LogP contribution in [0.4, 0.5) is 5.69 Å². The predicted molar refractivity (Wildman–Crippen MR) is 82.8 cm³/mol. The van der Waals surface area contributed by atoms with Crippen molar-refractivity contribution in [1.82, 2.24) is 4.98 Å². The molecule has 1 amide bonds. The number of aryl methyl sites for hydroxylation is 2. The molecule has 0 saturated heterocycles. The van der Waals surface area contributed by atoms with Gasteiger partial charge in [-0.2, -0.15) is 0 Å². The molecule has 6 nitrogen and oxygen atoms in total. The van der Waals surface area contributed by atoms with Crippen molar-refractivity contribution < 1.29 is 13.9 Å². The third-order valence-electron chi connectivity index (χ3n) is 2.84. The number of rotatable bonds is 4. The molecule has 0 saturated carbocycles. The Bertz CT molecular complexity index is 709. The van der Waals surface area contributed by atoms with Crippen molar-refractivity contribution in [1.29, 1.82) is 0 Å². The molecule has 21 heavy (non-hydrogen) atoms. The number of oxazole rings is 1. The summed E-state index contributed by atoms with van der Waals surface area (Å²) >= 11 is 4.91. The first-order chi connectivity index (χ1) is 9.92. The number of amides is 1. The van der Waals surface area contributed by atoms with Gasteiger partial charge in [0, 0.05) is 12.5 Å². The highest BCUT2D eigenvalue weighted by Gasteiger charge is 2.17. The van der Waals surface area contributed by atoms with Crippen LogP contribution in [0.2, 0.25) is 0 Å². The Morgan fingerprint density at radius 2 is 2.14 bits per heavy atom. The molecule has 0 aliphatic carbocycles. The van der Waals surface area contributed by atoms with E-state index in [1.165, 1.54) is 7.11 Å². The molecule has 0 aliphatic rings. The van der Waals surface area contributed by atoms with Gasteiger partial charge in [-0.1, -0.05) is 12.2 Å². The lowest BCUT2D eigenvalue weighted by molar-refractivity contribution is 0.0994. The van der Waals surface area contributed by atoms with Gasteiger partial charge >= 0.3 is 0 Å². The van der Waals surface area contributed by atoms with E-state index in [9.17, 15) is 4.79 Å². The average molecular weight is 305 g/mol. The molecule has 0 fully saturated rings. The first-order valence-electron chi connectivity index (χ1n) is 6.15. The lowest BCUT2D eigenvalue weighted by Crippen LogP contribution is -2.14. The molecule has 0 spiro atoms. The van der Waals surface area contributed by atoms with Gasteiger partial charge in [0.15, 0.2) is 5.89 Å². The number of anilines is 1. The lowest BCUT2D eigenvalue weighted by Gasteiger charge is -2.11. The maximum atomic E-state index is 12.2. The number of nitrogens with two attached hydrogens (primary N) is 1. The van der Waals surface area contributed by atoms with Gasteiger partial charge in [0.2, 0.25) is 5.76 Å². The van der Waals surface area contributed by atoms with Crippen LogP contribution in [0.15, 0.2) is 22.6 Å². The number of aromatic nitrogens is 1. The molecule has 110 valence electrons. The summed E-state index contributed by atoms with van der Waals surface area (Å²) in [7, 11) is 1.50. The highest BCUT2D eigenvalue weighted by molar-refractivity contribution is 7.80. The van der Waals surface area contributed by atoms with Crippen LogP contribution in [0.3, 0.4) is 0 Å². The molecule has 2 rings (SSSR count). The van der Waals surface area contributed by atoms with Crippen LogP contribution >= 0.6 is 12.2 Å². The Labute approximate surface area is 127 Å². The maximum Gasteiger partial charge on any atom is 0.293 e. The molecule has 0 atom stereocenters. The maximum absolute atomic E-state index is 12.2. The van der Waals surface area contributed by atoms with E-state index in [0.29, 0.717) is 28.6 Å². The van der Waals surface area contributed by atoms with Gasteiger partial charge in [-0.05, 0) is 25.1 Å². The molecule has 1 heterocycles. The van der Waals surface area contributed by atoms with E-state index in [0.717, 1.165) is 0 Å². The van der Waals surface area contributed by atoms with Crippen molar-refractivity contribution >= 4 is 28.8 Å². The Hall–Kier alpha value is -2.41. The summed E-state index contributed by atoms with van der Waals surface area (Å²) in [6.45, 7) is 3.39. The molecule has 7 heteroatoms. The molecule has 0 aliphatic heterocycles. The Morgan fingerprint density at radius 1 is 1.43 bits per heavy atom. The number of benzene rings is 1. The summed E-state index contributed by atoms with van der Waals surface area (Å²) in [6.07, 6.45) is 0. The van der Waals surface area contributed by atoms with Crippen molar-refractivity contribution in [2.24, 2.45) is 5.73 Å². The molecule has 2 aromatic rings. The van der Waals surface area contributed by atoms with Crippen molar-refractivity contribution in [2.75, 3.05) is 12.4 Å². The number of hydrogen-bond donors (Lipinski definition) is 2. The summed E-state index contributed by atoms with van der Waals surface area (Å²) in [5.74, 6) is 0.679. The van der Waals surface area contributed by atoms with Gasteiger partial charge in [-0.15, -0.1) is 0 Å². The zero-order valence-electron chi connectivity index (χ0n) is 11.9. The quantitative estimate of drug-likeness (QED) is 0.841. The molecular weight excluding hydrogens is 290 g/mol. The second-order valence-corrected chi connectivity index (χ2v) is 4.82. The van der Waals surface area contributed by atoms with E-state index in [4.69, 9.17) is 27.1 Å². The summed E-state index contributed by atoms with van der Waals surface area (Å²) < 4.78 is 10.5. The highest BCUT2D eigenvalue weighted by Crippen LogP contribution is 2.26. The Morgan fingerprint density at radius 3 is 2.67 bits per heavy atom. The average Bonchev–Trinajstić information content (AvgIpc) is 2.78. The first-order valence-corrected chi connectivity index (χ1v) is 6.56. The van der Waals surface area contributed by atoms with E-state index in [1.807, 2.05) is 0 Å². The van der Waals surface area contributed by atoms with Crippen molar-refractivity contribution in [3.63, 3.8) is 0 Å². The molecule has 0 radical (unpaired) electrons. The fraction of sp³-hybridized carbons (Fsp3) is 0.214. The fourth-order valence-corrected chi connectivity index (χ4v) is 2.00. The normalized spacial score (nSPS) is 10.2. The second kappa shape index (κ2) is 5.92. The topological polar surface area (TPSA) is 90.4 Å². The van der Waals surface area contributed by atoms with E-state index < -0.39 is 5.91 Å². The number of thiocarbonyl (C=S) groups is 1. The summed E-state index contributed by atoms with van der Waals surface area (Å²) in [5, 5.41) is 2.72. The van der Waals surface area contributed by atoms with Gasteiger partial charge in [0.05, 0.1) is 18.5 Å². The molecular formula is C14H15N3O3S. The summed E-state index contributed by atoms with van der Waals surface area (Å²) in [4.78, 5) is 16.5.